The van der Waals surface area contributed by atoms with Crippen molar-refractivity contribution in [3.05, 3.63) is 18.0 Å². The Kier molecular flexibility index (Phi) is 4.92. The minimum Gasteiger partial charge on any atom is -0.364 e. The van der Waals surface area contributed by atoms with Crippen LogP contribution in [0.4, 0.5) is 0 Å². The molecule has 0 amide bonds. The summed E-state index contributed by atoms with van der Waals surface area (Å²) >= 11 is 0. The lowest BCUT2D eigenvalue weighted by Crippen LogP contribution is -2.35. The average molecular weight is 274 g/mol. The predicted octanol–water partition coefficient (Wildman–Crippen LogP) is 2.17. The van der Waals surface area contributed by atoms with Gasteiger partial charge >= 0.3 is 0 Å². The van der Waals surface area contributed by atoms with Gasteiger partial charge in [0.25, 0.3) is 0 Å². The van der Waals surface area contributed by atoms with E-state index in [4.69, 9.17) is 0 Å². The Labute approximate surface area is 109 Å². The molecule has 0 fully saturated rings. The van der Waals surface area contributed by atoms with Gasteiger partial charge in [-0.3, -0.25) is 0 Å². The standard InChI is InChI=1S/C12H22N2O3S/c1-10(2)7-12(3,4)9-13-18(15,16)8-11-5-6-17-14-11/h5-6,10,13H,7-9H2,1-4H3. The van der Waals surface area contributed by atoms with Gasteiger partial charge in [-0.15, -0.1) is 0 Å². The van der Waals surface area contributed by atoms with E-state index in [1.165, 1.54) is 6.26 Å². The normalized spacial score (nSPS) is 13.2. The first-order valence-electron chi connectivity index (χ1n) is 6.07. The topological polar surface area (TPSA) is 72.2 Å². The third-order valence-electron chi connectivity index (χ3n) is 2.56. The van der Waals surface area contributed by atoms with E-state index in [2.05, 4.69) is 42.1 Å². The van der Waals surface area contributed by atoms with E-state index in [0.717, 1.165) is 6.42 Å². The maximum absolute atomic E-state index is 11.8. The lowest BCUT2D eigenvalue weighted by Gasteiger charge is -2.26. The van der Waals surface area contributed by atoms with Gasteiger partial charge in [0.2, 0.25) is 10.0 Å². The first-order valence-corrected chi connectivity index (χ1v) is 7.72. The van der Waals surface area contributed by atoms with Gasteiger partial charge in [-0.05, 0) is 17.8 Å². The fraction of sp³-hybridized carbons (Fsp3) is 0.750. The van der Waals surface area contributed by atoms with Crippen molar-refractivity contribution in [2.24, 2.45) is 11.3 Å². The number of sulfonamides is 1. The zero-order valence-electron chi connectivity index (χ0n) is 11.4. The van der Waals surface area contributed by atoms with Gasteiger partial charge < -0.3 is 4.52 Å². The number of nitrogens with zero attached hydrogens (tertiary/aromatic N) is 1. The molecule has 18 heavy (non-hydrogen) atoms. The highest BCUT2D eigenvalue weighted by molar-refractivity contribution is 7.88. The third-order valence-corrected chi connectivity index (χ3v) is 3.82. The summed E-state index contributed by atoms with van der Waals surface area (Å²) in [5.41, 5.74) is 0.370. The highest BCUT2D eigenvalue weighted by Crippen LogP contribution is 2.24. The molecule has 6 heteroatoms. The number of nitrogens with one attached hydrogen (secondary N) is 1. The summed E-state index contributed by atoms with van der Waals surface area (Å²) in [5, 5.41) is 3.60. The van der Waals surface area contributed by atoms with Crippen LogP contribution in [0, 0.1) is 11.3 Å². The van der Waals surface area contributed by atoms with E-state index < -0.39 is 10.0 Å². The summed E-state index contributed by atoms with van der Waals surface area (Å²) in [4.78, 5) is 0. The van der Waals surface area contributed by atoms with Gasteiger partial charge in [-0.2, -0.15) is 0 Å². The van der Waals surface area contributed by atoms with Gasteiger partial charge in [0.05, 0.1) is 5.69 Å². The van der Waals surface area contributed by atoms with Crippen LogP contribution in [0.3, 0.4) is 0 Å². The van der Waals surface area contributed by atoms with E-state index in [-0.39, 0.29) is 11.2 Å². The lowest BCUT2D eigenvalue weighted by molar-refractivity contribution is 0.288. The summed E-state index contributed by atoms with van der Waals surface area (Å²) in [7, 11) is -3.35. The molecule has 1 heterocycles. The molecule has 5 nitrogen and oxygen atoms in total. The van der Waals surface area contributed by atoms with Crippen LogP contribution in [0.25, 0.3) is 0 Å². The molecule has 0 spiro atoms. The molecule has 1 rings (SSSR count). The molecule has 0 unspecified atom stereocenters. The number of rotatable bonds is 7. The average Bonchev–Trinajstić information content (AvgIpc) is 2.65. The minimum atomic E-state index is -3.35. The number of aromatic nitrogens is 1. The van der Waals surface area contributed by atoms with Crippen LogP contribution in [-0.2, 0) is 15.8 Å². The Morgan fingerprint density at radius 1 is 1.44 bits per heavy atom. The molecule has 0 atom stereocenters. The molecule has 0 saturated heterocycles. The Bertz CT molecular complexity index is 450. The van der Waals surface area contributed by atoms with Gasteiger partial charge in [0, 0.05) is 12.6 Å². The van der Waals surface area contributed by atoms with Crippen LogP contribution >= 0.6 is 0 Å². The van der Waals surface area contributed by atoms with E-state index in [1.807, 2.05) is 0 Å². The van der Waals surface area contributed by atoms with Crippen molar-refractivity contribution < 1.29 is 12.9 Å². The van der Waals surface area contributed by atoms with E-state index in [1.54, 1.807) is 6.07 Å². The van der Waals surface area contributed by atoms with E-state index in [0.29, 0.717) is 18.2 Å². The first kappa shape index (κ1) is 15.2. The Balaban J connectivity index is 2.51. The second kappa shape index (κ2) is 5.84. The van der Waals surface area contributed by atoms with Gasteiger partial charge in [0.1, 0.15) is 12.0 Å². The van der Waals surface area contributed by atoms with E-state index in [9.17, 15) is 8.42 Å². The summed E-state index contributed by atoms with van der Waals surface area (Å²) in [6, 6.07) is 1.55. The molecular weight excluding hydrogens is 252 g/mol. The molecule has 104 valence electrons. The van der Waals surface area contributed by atoms with Crippen molar-refractivity contribution >= 4 is 10.0 Å². The molecule has 0 bridgehead atoms. The van der Waals surface area contributed by atoms with Crippen molar-refractivity contribution in [2.75, 3.05) is 6.54 Å². The summed E-state index contributed by atoms with van der Waals surface area (Å²) in [5.74, 6) is 0.404. The quantitative estimate of drug-likeness (QED) is 0.827. The van der Waals surface area contributed by atoms with Crippen molar-refractivity contribution in [2.45, 2.75) is 39.9 Å². The molecule has 1 aromatic rings. The minimum absolute atomic E-state index is 0.0505. The molecule has 0 aliphatic rings. The predicted molar refractivity (Wildman–Crippen MR) is 70.4 cm³/mol. The maximum Gasteiger partial charge on any atom is 0.217 e. The molecule has 0 aliphatic carbocycles. The lowest BCUT2D eigenvalue weighted by atomic mass is 9.84. The van der Waals surface area contributed by atoms with Crippen LogP contribution in [0.15, 0.2) is 16.9 Å². The second-order valence-corrected chi connectivity index (χ2v) is 7.64. The van der Waals surface area contributed by atoms with Gasteiger partial charge in [0.15, 0.2) is 0 Å². The third kappa shape index (κ3) is 5.64. The van der Waals surface area contributed by atoms with Crippen LogP contribution < -0.4 is 4.72 Å². The molecule has 0 aromatic carbocycles. The second-order valence-electron chi connectivity index (χ2n) is 5.83. The molecule has 0 saturated carbocycles. The SMILES string of the molecule is CC(C)CC(C)(C)CNS(=O)(=O)Cc1ccon1. The molecule has 0 aliphatic heterocycles. The van der Waals surface area contributed by atoms with E-state index >= 15 is 0 Å². The summed E-state index contributed by atoms with van der Waals surface area (Å²) < 4.78 is 30.9. The highest BCUT2D eigenvalue weighted by atomic mass is 32.2. The first-order chi connectivity index (χ1) is 8.20. The smallest absolute Gasteiger partial charge is 0.217 e. The summed E-state index contributed by atoms with van der Waals surface area (Å²) in [6.45, 7) is 8.82. The maximum atomic E-state index is 11.8. The fourth-order valence-corrected chi connectivity index (χ4v) is 3.29. The largest absolute Gasteiger partial charge is 0.364 e. The molecule has 1 aromatic heterocycles. The van der Waals surface area contributed by atoms with Crippen LogP contribution in [0.5, 0.6) is 0 Å². The van der Waals surface area contributed by atoms with Crippen molar-refractivity contribution in [3.8, 4) is 0 Å². The Hall–Kier alpha value is -0.880. The molecule has 1 N–H and O–H groups in total. The van der Waals surface area contributed by atoms with Crippen molar-refractivity contribution in [3.63, 3.8) is 0 Å². The van der Waals surface area contributed by atoms with Crippen LogP contribution in [0.1, 0.15) is 39.8 Å². The zero-order valence-corrected chi connectivity index (χ0v) is 12.3. The Morgan fingerprint density at radius 3 is 2.61 bits per heavy atom. The zero-order chi connectivity index (χ0) is 13.8. The van der Waals surface area contributed by atoms with Crippen molar-refractivity contribution in [1.82, 2.24) is 9.88 Å². The monoisotopic (exact) mass is 274 g/mol. The summed E-state index contributed by atoms with van der Waals surface area (Å²) in [6.07, 6.45) is 2.34. The molecular formula is C12H22N2O3S. The van der Waals surface area contributed by atoms with Crippen LogP contribution in [-0.4, -0.2) is 20.1 Å². The highest BCUT2D eigenvalue weighted by Gasteiger charge is 2.23. The number of hydrogen-bond acceptors (Lipinski definition) is 4. The number of hydrogen-bond donors (Lipinski definition) is 1. The fourth-order valence-electron chi connectivity index (χ4n) is 2.04. The van der Waals surface area contributed by atoms with Crippen LogP contribution in [0.2, 0.25) is 0 Å². The van der Waals surface area contributed by atoms with Gasteiger partial charge in [-0.25, -0.2) is 13.1 Å². The van der Waals surface area contributed by atoms with Gasteiger partial charge in [-0.1, -0.05) is 32.9 Å². The molecule has 0 radical (unpaired) electrons. The Morgan fingerprint density at radius 2 is 2.11 bits per heavy atom. The van der Waals surface area contributed by atoms with Crippen molar-refractivity contribution in [1.29, 1.82) is 0 Å².